The van der Waals surface area contributed by atoms with Gasteiger partial charge < -0.3 is 14.5 Å². The normalized spacial score (nSPS) is 15.2. The number of ether oxygens (including phenoxy) is 1. The van der Waals surface area contributed by atoms with Gasteiger partial charge in [0.2, 0.25) is 5.95 Å². The molecule has 0 aliphatic carbocycles. The molecule has 126 valence electrons. The molecule has 24 heavy (non-hydrogen) atoms. The van der Waals surface area contributed by atoms with Crippen molar-refractivity contribution in [1.82, 2.24) is 14.9 Å². The smallest absolute Gasteiger partial charge is 0.253 e. The lowest BCUT2D eigenvalue weighted by molar-refractivity contribution is 0.0766. The van der Waals surface area contributed by atoms with Gasteiger partial charge >= 0.3 is 0 Å². The van der Waals surface area contributed by atoms with Gasteiger partial charge in [0, 0.05) is 51.2 Å². The minimum atomic E-state index is 0.0729. The molecule has 1 aliphatic heterocycles. The molecule has 0 unspecified atom stereocenters. The molecular weight excluding hydrogens is 304 g/mol. The number of benzene rings is 1. The number of carbonyl (C=O) groups is 1. The van der Waals surface area contributed by atoms with Crippen LogP contribution in [-0.4, -0.2) is 54.1 Å². The summed E-state index contributed by atoms with van der Waals surface area (Å²) >= 11 is 0. The molecule has 1 aromatic carbocycles. The summed E-state index contributed by atoms with van der Waals surface area (Å²) < 4.78 is 5.15. The van der Waals surface area contributed by atoms with Crippen LogP contribution in [0.2, 0.25) is 0 Å². The number of hydrogen-bond donors (Lipinski definition) is 0. The van der Waals surface area contributed by atoms with Crippen molar-refractivity contribution in [2.45, 2.75) is 13.0 Å². The van der Waals surface area contributed by atoms with Crippen molar-refractivity contribution in [2.24, 2.45) is 0 Å². The highest BCUT2D eigenvalue weighted by Crippen LogP contribution is 2.14. The van der Waals surface area contributed by atoms with Crippen LogP contribution in [0.3, 0.4) is 0 Å². The minimum absolute atomic E-state index is 0.0729. The van der Waals surface area contributed by atoms with Crippen molar-refractivity contribution >= 4 is 11.9 Å². The van der Waals surface area contributed by atoms with Gasteiger partial charge in [-0.05, 0) is 30.2 Å². The van der Waals surface area contributed by atoms with Gasteiger partial charge in [0.05, 0.1) is 6.61 Å². The fourth-order valence-electron chi connectivity index (χ4n) is 2.92. The summed E-state index contributed by atoms with van der Waals surface area (Å²) in [5.41, 5.74) is 1.73. The van der Waals surface area contributed by atoms with E-state index < -0.39 is 0 Å². The first-order chi connectivity index (χ1) is 11.8. The van der Waals surface area contributed by atoms with E-state index >= 15 is 0 Å². The quantitative estimate of drug-likeness (QED) is 0.860. The number of aromatic nitrogens is 2. The molecule has 1 fully saturated rings. The van der Waals surface area contributed by atoms with Crippen LogP contribution >= 0.6 is 0 Å². The van der Waals surface area contributed by atoms with Gasteiger partial charge in [-0.3, -0.25) is 4.79 Å². The molecule has 0 saturated carbocycles. The number of carbonyl (C=O) groups excluding carboxylic acids is 1. The predicted molar refractivity (Wildman–Crippen MR) is 91.9 cm³/mol. The highest BCUT2D eigenvalue weighted by Gasteiger charge is 2.21. The second-order valence-corrected chi connectivity index (χ2v) is 5.81. The van der Waals surface area contributed by atoms with E-state index in [1.54, 1.807) is 19.5 Å². The van der Waals surface area contributed by atoms with Gasteiger partial charge in [-0.1, -0.05) is 12.1 Å². The molecule has 2 heterocycles. The maximum atomic E-state index is 12.8. The van der Waals surface area contributed by atoms with E-state index in [0.717, 1.165) is 37.6 Å². The lowest BCUT2D eigenvalue weighted by Gasteiger charge is -2.22. The lowest BCUT2D eigenvalue weighted by Crippen LogP contribution is -2.35. The molecular formula is C18H22N4O2. The molecule has 6 heteroatoms. The second kappa shape index (κ2) is 7.88. The molecule has 0 bridgehead atoms. The summed E-state index contributed by atoms with van der Waals surface area (Å²) in [4.78, 5) is 25.4. The standard InChI is InChI=1S/C18H22N4O2/c1-24-14-15-5-2-6-16(13-15)17(23)21-9-4-10-22(12-11-21)18-19-7-3-8-20-18/h2-3,5-8,13H,4,9-12,14H2,1H3. The molecule has 0 spiro atoms. The van der Waals surface area contributed by atoms with Crippen LogP contribution in [0, 0.1) is 0 Å². The molecule has 1 amide bonds. The van der Waals surface area contributed by atoms with Crippen molar-refractivity contribution < 1.29 is 9.53 Å². The number of nitrogens with zero attached hydrogens (tertiary/aromatic N) is 4. The van der Waals surface area contributed by atoms with Gasteiger partial charge in [-0.25, -0.2) is 9.97 Å². The maximum Gasteiger partial charge on any atom is 0.253 e. The number of amides is 1. The van der Waals surface area contributed by atoms with Crippen molar-refractivity contribution in [3.05, 3.63) is 53.9 Å². The average molecular weight is 326 g/mol. The molecule has 1 aliphatic rings. The zero-order valence-electron chi connectivity index (χ0n) is 13.9. The molecule has 6 nitrogen and oxygen atoms in total. The zero-order valence-corrected chi connectivity index (χ0v) is 13.9. The van der Waals surface area contributed by atoms with E-state index in [2.05, 4.69) is 14.9 Å². The van der Waals surface area contributed by atoms with Gasteiger partial charge in [-0.15, -0.1) is 0 Å². The SMILES string of the molecule is COCc1cccc(C(=O)N2CCCN(c3ncccn3)CC2)c1. The molecule has 1 aromatic heterocycles. The van der Waals surface area contributed by atoms with Crippen molar-refractivity contribution in [3.63, 3.8) is 0 Å². The first kappa shape index (κ1) is 16.4. The van der Waals surface area contributed by atoms with E-state index in [9.17, 15) is 4.79 Å². The van der Waals surface area contributed by atoms with E-state index in [1.165, 1.54) is 0 Å². The van der Waals surface area contributed by atoms with E-state index in [0.29, 0.717) is 18.7 Å². The Kier molecular flexibility index (Phi) is 5.38. The molecule has 3 rings (SSSR count). The van der Waals surface area contributed by atoms with E-state index in [4.69, 9.17) is 4.74 Å². The Morgan fingerprint density at radius 2 is 1.96 bits per heavy atom. The van der Waals surface area contributed by atoms with Crippen molar-refractivity contribution in [2.75, 3.05) is 38.2 Å². The topological polar surface area (TPSA) is 58.6 Å². The third kappa shape index (κ3) is 3.89. The first-order valence-corrected chi connectivity index (χ1v) is 8.17. The Bertz CT molecular complexity index is 678. The summed E-state index contributed by atoms with van der Waals surface area (Å²) in [6, 6.07) is 9.46. The Morgan fingerprint density at radius 3 is 2.75 bits per heavy atom. The third-order valence-corrected chi connectivity index (χ3v) is 4.10. The Balaban J connectivity index is 1.67. The Morgan fingerprint density at radius 1 is 1.12 bits per heavy atom. The fourth-order valence-corrected chi connectivity index (χ4v) is 2.92. The van der Waals surface area contributed by atoms with Gasteiger partial charge in [0.15, 0.2) is 0 Å². The van der Waals surface area contributed by atoms with Crippen LogP contribution in [0.1, 0.15) is 22.3 Å². The van der Waals surface area contributed by atoms with E-state index in [-0.39, 0.29) is 5.91 Å². The summed E-state index contributed by atoms with van der Waals surface area (Å²) in [6.45, 7) is 3.54. The number of anilines is 1. The van der Waals surface area contributed by atoms with Crippen LogP contribution in [0.5, 0.6) is 0 Å². The lowest BCUT2D eigenvalue weighted by atomic mass is 10.1. The predicted octanol–water partition coefficient (Wildman–Crippen LogP) is 1.98. The minimum Gasteiger partial charge on any atom is -0.380 e. The summed E-state index contributed by atoms with van der Waals surface area (Å²) in [7, 11) is 1.66. The second-order valence-electron chi connectivity index (χ2n) is 5.81. The third-order valence-electron chi connectivity index (χ3n) is 4.10. The van der Waals surface area contributed by atoms with Crippen LogP contribution < -0.4 is 4.90 Å². The highest BCUT2D eigenvalue weighted by atomic mass is 16.5. The van der Waals surface area contributed by atoms with Gasteiger partial charge in [-0.2, -0.15) is 0 Å². The molecule has 1 saturated heterocycles. The van der Waals surface area contributed by atoms with Gasteiger partial charge in [0.25, 0.3) is 5.91 Å². The van der Waals surface area contributed by atoms with Crippen molar-refractivity contribution in [1.29, 1.82) is 0 Å². The highest BCUT2D eigenvalue weighted by molar-refractivity contribution is 5.94. The average Bonchev–Trinajstić information content (AvgIpc) is 2.88. The summed E-state index contributed by atoms with van der Waals surface area (Å²) in [5.74, 6) is 0.803. The summed E-state index contributed by atoms with van der Waals surface area (Å²) in [6.07, 6.45) is 4.40. The van der Waals surface area contributed by atoms with Crippen LogP contribution in [-0.2, 0) is 11.3 Å². The first-order valence-electron chi connectivity index (χ1n) is 8.17. The number of hydrogen-bond acceptors (Lipinski definition) is 5. The Labute approximate surface area is 142 Å². The van der Waals surface area contributed by atoms with Crippen LogP contribution in [0.4, 0.5) is 5.95 Å². The largest absolute Gasteiger partial charge is 0.380 e. The Hall–Kier alpha value is -2.47. The van der Waals surface area contributed by atoms with Gasteiger partial charge in [0.1, 0.15) is 0 Å². The monoisotopic (exact) mass is 326 g/mol. The number of rotatable bonds is 4. The fraction of sp³-hybridized carbons (Fsp3) is 0.389. The molecule has 2 aromatic rings. The number of methoxy groups -OCH3 is 1. The molecule has 0 N–H and O–H groups in total. The summed E-state index contributed by atoms with van der Waals surface area (Å²) in [5, 5.41) is 0. The van der Waals surface area contributed by atoms with Crippen LogP contribution in [0.15, 0.2) is 42.7 Å². The van der Waals surface area contributed by atoms with E-state index in [1.807, 2.05) is 35.2 Å². The molecule has 0 radical (unpaired) electrons. The molecule has 0 atom stereocenters. The zero-order chi connectivity index (χ0) is 16.8. The maximum absolute atomic E-state index is 12.8. The van der Waals surface area contributed by atoms with Crippen LogP contribution in [0.25, 0.3) is 0 Å². The van der Waals surface area contributed by atoms with Crippen molar-refractivity contribution in [3.8, 4) is 0 Å².